The molecule has 0 aliphatic rings. The largest absolute Gasteiger partial charge is 0.481 e. The number of pyridine rings is 1. The lowest BCUT2D eigenvalue weighted by Crippen LogP contribution is -2.13. The summed E-state index contributed by atoms with van der Waals surface area (Å²) in [6.45, 7) is 2.03. The van der Waals surface area contributed by atoms with Crippen molar-refractivity contribution >= 4 is 38.7 Å². The molecule has 2 aromatic heterocycles. The Morgan fingerprint density at radius 2 is 2.10 bits per heavy atom. The van der Waals surface area contributed by atoms with Crippen LogP contribution in [0.25, 0.3) is 11.2 Å². The van der Waals surface area contributed by atoms with Gasteiger partial charge in [-0.3, -0.25) is 4.79 Å². The molecule has 0 atom stereocenters. The van der Waals surface area contributed by atoms with Crippen LogP contribution < -0.4 is 0 Å². The Labute approximate surface area is 126 Å². The van der Waals surface area contributed by atoms with Gasteiger partial charge < -0.3 is 9.67 Å². The smallest absolute Gasteiger partial charge is 0.313 e. The minimum atomic E-state index is -3.13. The number of imidazole rings is 1. The van der Waals surface area contributed by atoms with Gasteiger partial charge in [-0.05, 0) is 19.1 Å². The molecule has 7 nitrogen and oxygen atoms in total. The molecule has 1 N–H and O–H groups in total. The van der Waals surface area contributed by atoms with Crippen LogP contribution in [-0.4, -0.2) is 51.8 Å². The molecule has 0 spiro atoms. The Hall–Kier alpha value is -1.61. The molecule has 21 heavy (non-hydrogen) atoms. The van der Waals surface area contributed by atoms with Crippen molar-refractivity contribution in [1.29, 1.82) is 0 Å². The zero-order chi connectivity index (χ0) is 15.6. The number of aryl methyl sites for hydroxylation is 2. The summed E-state index contributed by atoms with van der Waals surface area (Å²) in [6, 6.07) is 3.60. The van der Waals surface area contributed by atoms with Crippen molar-refractivity contribution < 1.29 is 18.3 Å². The van der Waals surface area contributed by atoms with Crippen molar-refractivity contribution in [3.05, 3.63) is 17.8 Å². The van der Waals surface area contributed by atoms with Crippen LogP contribution in [0.1, 0.15) is 5.69 Å². The monoisotopic (exact) mass is 329 g/mol. The first-order chi connectivity index (χ1) is 9.76. The fourth-order valence-corrected chi connectivity index (χ4v) is 3.03. The number of carboxylic acid groups (broad SMARTS) is 1. The highest BCUT2D eigenvalue weighted by molar-refractivity contribution is 7.99. The highest BCUT2D eigenvalue weighted by Gasteiger charge is 2.15. The molecule has 0 bridgehead atoms. The number of sulfone groups is 1. The van der Waals surface area contributed by atoms with Gasteiger partial charge in [0.2, 0.25) is 0 Å². The third kappa shape index (κ3) is 4.18. The normalized spacial score (nSPS) is 11.9. The molecule has 114 valence electrons. The summed E-state index contributed by atoms with van der Waals surface area (Å²) in [5.74, 6) is -1.14. The zero-order valence-corrected chi connectivity index (χ0v) is 13.2. The van der Waals surface area contributed by atoms with Gasteiger partial charge >= 0.3 is 5.97 Å². The van der Waals surface area contributed by atoms with Crippen LogP contribution in [0.15, 0.2) is 17.3 Å². The first kappa shape index (κ1) is 15.8. The second-order valence-electron chi connectivity index (χ2n) is 4.65. The number of hydrogen-bond donors (Lipinski definition) is 1. The lowest BCUT2D eigenvalue weighted by Gasteiger charge is -2.07. The average Bonchev–Trinajstić information content (AvgIpc) is 2.70. The molecule has 0 unspecified atom stereocenters. The summed E-state index contributed by atoms with van der Waals surface area (Å²) in [6.07, 6.45) is 1.16. The minimum absolute atomic E-state index is 0.0469. The molecule has 2 aromatic rings. The number of hydrogen-bond acceptors (Lipinski definition) is 6. The van der Waals surface area contributed by atoms with Crippen LogP contribution in [0.2, 0.25) is 0 Å². The van der Waals surface area contributed by atoms with Gasteiger partial charge in [0.15, 0.2) is 10.8 Å². The van der Waals surface area contributed by atoms with Crippen LogP contribution in [-0.2, 0) is 21.2 Å². The van der Waals surface area contributed by atoms with E-state index in [0.29, 0.717) is 16.3 Å². The Balaban J connectivity index is 2.42. The van der Waals surface area contributed by atoms with Crippen LogP contribution in [0, 0.1) is 6.92 Å². The van der Waals surface area contributed by atoms with E-state index < -0.39 is 15.8 Å². The Bertz CT molecular complexity index is 783. The van der Waals surface area contributed by atoms with Crippen molar-refractivity contribution in [2.24, 2.45) is 0 Å². The van der Waals surface area contributed by atoms with Crippen LogP contribution in [0.5, 0.6) is 0 Å². The van der Waals surface area contributed by atoms with Gasteiger partial charge in [0.1, 0.15) is 15.4 Å². The maximum Gasteiger partial charge on any atom is 0.313 e. The van der Waals surface area contributed by atoms with Gasteiger partial charge in [-0.1, -0.05) is 11.8 Å². The quantitative estimate of drug-likeness (QED) is 0.787. The standard InChI is InChI=1S/C12H15N3O4S2/c1-8-3-4-9-11(13-8)15(5-6-21(2,18)19)12(14-9)20-7-10(16)17/h3-4H,5-7H2,1-2H3,(H,16,17). The van der Waals surface area contributed by atoms with Gasteiger partial charge in [0.05, 0.1) is 11.5 Å². The van der Waals surface area contributed by atoms with E-state index in [0.717, 1.165) is 23.7 Å². The maximum absolute atomic E-state index is 11.4. The summed E-state index contributed by atoms with van der Waals surface area (Å²) in [5.41, 5.74) is 1.99. The van der Waals surface area contributed by atoms with E-state index in [4.69, 9.17) is 5.11 Å². The zero-order valence-electron chi connectivity index (χ0n) is 11.6. The highest BCUT2D eigenvalue weighted by Crippen LogP contribution is 2.23. The van der Waals surface area contributed by atoms with Crippen molar-refractivity contribution in [2.75, 3.05) is 17.8 Å². The fourth-order valence-electron chi connectivity index (χ4n) is 1.77. The molecule has 2 rings (SSSR count). The molecular formula is C12H15N3O4S2. The summed E-state index contributed by atoms with van der Waals surface area (Å²) in [7, 11) is -3.13. The molecule has 0 amide bonds. The minimum Gasteiger partial charge on any atom is -0.481 e. The average molecular weight is 329 g/mol. The van der Waals surface area contributed by atoms with Crippen molar-refractivity contribution in [3.63, 3.8) is 0 Å². The third-order valence-electron chi connectivity index (χ3n) is 2.71. The second-order valence-corrected chi connectivity index (χ2v) is 7.86. The van der Waals surface area contributed by atoms with E-state index in [2.05, 4.69) is 9.97 Å². The number of aromatic nitrogens is 3. The van der Waals surface area contributed by atoms with Crippen LogP contribution in [0.3, 0.4) is 0 Å². The number of carboxylic acids is 1. The number of rotatable bonds is 6. The van der Waals surface area contributed by atoms with Crippen LogP contribution in [0.4, 0.5) is 0 Å². The first-order valence-electron chi connectivity index (χ1n) is 6.12. The van der Waals surface area contributed by atoms with Gasteiger partial charge in [-0.15, -0.1) is 0 Å². The fraction of sp³-hybridized carbons (Fsp3) is 0.417. The maximum atomic E-state index is 11.4. The number of carbonyl (C=O) groups is 1. The van der Waals surface area contributed by atoms with Gasteiger partial charge in [0.25, 0.3) is 0 Å². The Morgan fingerprint density at radius 3 is 2.71 bits per heavy atom. The molecule has 0 radical (unpaired) electrons. The number of fused-ring (bicyclic) bond motifs is 1. The summed E-state index contributed by atoms with van der Waals surface area (Å²) < 4.78 is 24.4. The van der Waals surface area contributed by atoms with Crippen molar-refractivity contribution in [1.82, 2.24) is 14.5 Å². The Kier molecular flexibility index (Phi) is 4.52. The molecule has 0 aromatic carbocycles. The van der Waals surface area contributed by atoms with Crippen molar-refractivity contribution in [3.8, 4) is 0 Å². The molecule has 0 saturated carbocycles. The van der Waals surface area contributed by atoms with E-state index in [-0.39, 0.29) is 18.1 Å². The molecule has 0 fully saturated rings. The van der Waals surface area contributed by atoms with Crippen LogP contribution >= 0.6 is 11.8 Å². The second kappa shape index (κ2) is 6.02. The predicted molar refractivity (Wildman–Crippen MR) is 80.3 cm³/mol. The SMILES string of the molecule is Cc1ccc2nc(SCC(=O)O)n(CCS(C)(=O)=O)c2n1. The van der Waals surface area contributed by atoms with E-state index in [1.807, 2.05) is 13.0 Å². The summed E-state index contributed by atoms with van der Waals surface area (Å²) in [4.78, 5) is 19.4. The van der Waals surface area contributed by atoms with E-state index in [9.17, 15) is 13.2 Å². The molecule has 2 heterocycles. The molecule has 0 aliphatic carbocycles. The topological polar surface area (TPSA) is 102 Å². The van der Waals surface area contributed by atoms with E-state index in [1.165, 1.54) is 0 Å². The summed E-state index contributed by atoms with van der Waals surface area (Å²) >= 11 is 1.05. The predicted octanol–water partition coefficient (Wildman–Crippen LogP) is 0.961. The molecule has 0 saturated heterocycles. The lowest BCUT2D eigenvalue weighted by atomic mass is 10.3. The van der Waals surface area contributed by atoms with E-state index >= 15 is 0 Å². The number of aliphatic carboxylic acids is 1. The van der Waals surface area contributed by atoms with Gasteiger partial charge in [-0.2, -0.15) is 0 Å². The summed E-state index contributed by atoms with van der Waals surface area (Å²) in [5, 5.41) is 9.24. The molecular weight excluding hydrogens is 314 g/mol. The Morgan fingerprint density at radius 1 is 1.38 bits per heavy atom. The van der Waals surface area contributed by atoms with Gasteiger partial charge in [0, 0.05) is 18.5 Å². The molecule has 9 heteroatoms. The molecule has 0 aliphatic heterocycles. The third-order valence-corrected chi connectivity index (χ3v) is 4.59. The number of nitrogens with zero attached hydrogens (tertiary/aromatic N) is 3. The van der Waals surface area contributed by atoms with Crippen molar-refractivity contribution in [2.45, 2.75) is 18.6 Å². The van der Waals surface area contributed by atoms with Gasteiger partial charge in [-0.25, -0.2) is 18.4 Å². The lowest BCUT2D eigenvalue weighted by molar-refractivity contribution is -0.133. The highest BCUT2D eigenvalue weighted by atomic mass is 32.2. The van der Waals surface area contributed by atoms with E-state index in [1.54, 1.807) is 10.6 Å². The number of thioether (sulfide) groups is 1. The first-order valence-corrected chi connectivity index (χ1v) is 9.17.